The van der Waals surface area contributed by atoms with E-state index >= 15 is 0 Å². The summed E-state index contributed by atoms with van der Waals surface area (Å²) in [5, 5.41) is 6.91. The van der Waals surface area contributed by atoms with Gasteiger partial charge in [0.05, 0.1) is 0 Å². The van der Waals surface area contributed by atoms with Gasteiger partial charge in [-0.1, -0.05) is 42.5 Å². The molecule has 0 aliphatic rings. The van der Waals surface area contributed by atoms with Crippen LogP contribution in [-0.4, -0.2) is 6.04 Å². The molecule has 19 heavy (non-hydrogen) atoms. The number of hydrogen-bond donors (Lipinski definition) is 1. The number of thiophene rings is 1. The molecule has 0 aliphatic carbocycles. The van der Waals surface area contributed by atoms with Crippen molar-refractivity contribution in [3.05, 3.63) is 70.4 Å². The third-order valence-corrected chi connectivity index (χ3v) is 4.17. The Bertz CT molecular complexity index is 653. The van der Waals surface area contributed by atoms with Crippen LogP contribution in [0.4, 0.5) is 0 Å². The number of hydrogen-bond acceptors (Lipinski definition) is 2. The molecule has 96 valence electrons. The first-order valence-electron chi connectivity index (χ1n) is 6.56. The largest absolute Gasteiger partial charge is 0.327 e. The molecular weight excluding hydrogens is 250 g/mol. The van der Waals surface area contributed by atoms with E-state index in [-0.39, 0.29) is 6.04 Å². The fourth-order valence-electron chi connectivity index (χ4n) is 2.54. The summed E-state index contributed by atoms with van der Waals surface area (Å²) in [6.07, 6.45) is 1.88. The average molecular weight is 267 g/mol. The molecule has 0 fully saturated rings. The Morgan fingerprint density at radius 3 is 2.63 bits per heavy atom. The van der Waals surface area contributed by atoms with Crippen LogP contribution in [-0.2, 0) is 12.8 Å². The number of benzene rings is 2. The van der Waals surface area contributed by atoms with Crippen LogP contribution in [0.1, 0.15) is 11.1 Å². The molecule has 1 aromatic heterocycles. The van der Waals surface area contributed by atoms with Gasteiger partial charge in [-0.3, -0.25) is 0 Å². The maximum atomic E-state index is 6.29. The molecule has 2 N–H and O–H groups in total. The Balaban J connectivity index is 1.81. The van der Waals surface area contributed by atoms with Gasteiger partial charge < -0.3 is 5.73 Å². The molecule has 0 bridgehead atoms. The van der Waals surface area contributed by atoms with Crippen LogP contribution in [0.3, 0.4) is 0 Å². The number of fused-ring (bicyclic) bond motifs is 1. The highest BCUT2D eigenvalue weighted by Crippen LogP contribution is 2.20. The first-order valence-corrected chi connectivity index (χ1v) is 7.50. The second-order valence-corrected chi connectivity index (χ2v) is 5.72. The number of nitrogens with two attached hydrogens (primary N) is 1. The van der Waals surface area contributed by atoms with E-state index in [0.29, 0.717) is 0 Å². The summed E-state index contributed by atoms with van der Waals surface area (Å²) in [5.41, 5.74) is 8.99. The van der Waals surface area contributed by atoms with Gasteiger partial charge in [0.15, 0.2) is 0 Å². The molecule has 0 saturated heterocycles. The Hall–Kier alpha value is -1.64. The third kappa shape index (κ3) is 2.86. The molecular formula is C17H17NS. The Kier molecular flexibility index (Phi) is 3.62. The summed E-state index contributed by atoms with van der Waals surface area (Å²) in [6.45, 7) is 0. The van der Waals surface area contributed by atoms with Gasteiger partial charge in [0, 0.05) is 6.04 Å². The van der Waals surface area contributed by atoms with Gasteiger partial charge in [-0.2, -0.15) is 11.3 Å². The smallest absolute Gasteiger partial charge is 0.0120 e. The van der Waals surface area contributed by atoms with Crippen molar-refractivity contribution in [2.24, 2.45) is 5.73 Å². The van der Waals surface area contributed by atoms with Gasteiger partial charge in [-0.25, -0.2) is 0 Å². The zero-order valence-corrected chi connectivity index (χ0v) is 11.6. The normalized spacial score (nSPS) is 12.7. The molecule has 0 amide bonds. The van der Waals surface area contributed by atoms with Crippen molar-refractivity contribution >= 4 is 22.1 Å². The lowest BCUT2D eigenvalue weighted by Gasteiger charge is -2.13. The molecule has 0 spiro atoms. The summed E-state index contributed by atoms with van der Waals surface area (Å²) in [5.74, 6) is 0. The predicted octanol–water partition coefficient (Wildman–Crippen LogP) is 4.01. The predicted molar refractivity (Wildman–Crippen MR) is 83.7 cm³/mol. The monoisotopic (exact) mass is 267 g/mol. The van der Waals surface area contributed by atoms with Gasteiger partial charge in [0.2, 0.25) is 0 Å². The first-order chi connectivity index (χ1) is 9.33. The van der Waals surface area contributed by atoms with E-state index in [1.54, 1.807) is 11.3 Å². The van der Waals surface area contributed by atoms with Gasteiger partial charge in [-0.15, -0.1) is 0 Å². The molecule has 2 heteroatoms. The highest BCUT2D eigenvalue weighted by molar-refractivity contribution is 7.07. The summed E-state index contributed by atoms with van der Waals surface area (Å²) < 4.78 is 0. The van der Waals surface area contributed by atoms with Crippen LogP contribution in [0.2, 0.25) is 0 Å². The Morgan fingerprint density at radius 1 is 0.947 bits per heavy atom. The summed E-state index contributed by atoms with van der Waals surface area (Å²) >= 11 is 1.73. The van der Waals surface area contributed by atoms with Crippen LogP contribution >= 0.6 is 11.3 Å². The highest BCUT2D eigenvalue weighted by Gasteiger charge is 2.08. The maximum absolute atomic E-state index is 6.29. The van der Waals surface area contributed by atoms with E-state index in [1.165, 1.54) is 21.9 Å². The van der Waals surface area contributed by atoms with Gasteiger partial charge >= 0.3 is 0 Å². The lowest BCUT2D eigenvalue weighted by Crippen LogP contribution is -2.25. The van der Waals surface area contributed by atoms with Crippen molar-refractivity contribution in [3.8, 4) is 0 Å². The second kappa shape index (κ2) is 5.55. The fourth-order valence-corrected chi connectivity index (χ4v) is 3.22. The van der Waals surface area contributed by atoms with Crippen LogP contribution in [0, 0.1) is 0 Å². The minimum atomic E-state index is 0.181. The minimum absolute atomic E-state index is 0.181. The molecule has 1 heterocycles. The minimum Gasteiger partial charge on any atom is -0.327 e. The number of rotatable bonds is 4. The first kappa shape index (κ1) is 12.4. The SMILES string of the molecule is NC(Cc1ccsc1)Cc1cccc2ccccc12. The molecule has 0 saturated carbocycles. The fraction of sp³-hybridized carbons (Fsp3) is 0.176. The molecule has 0 radical (unpaired) electrons. The van der Waals surface area contributed by atoms with Crippen LogP contribution in [0.25, 0.3) is 10.8 Å². The Morgan fingerprint density at radius 2 is 1.79 bits per heavy atom. The van der Waals surface area contributed by atoms with Gasteiger partial charge in [-0.05, 0) is 51.6 Å². The standard InChI is InChI=1S/C17H17NS/c18-16(10-13-8-9-19-12-13)11-15-6-3-5-14-4-1-2-7-17(14)15/h1-9,12,16H,10-11,18H2. The van der Waals surface area contributed by atoms with E-state index in [0.717, 1.165) is 12.8 Å². The van der Waals surface area contributed by atoms with Gasteiger partial charge in [0.1, 0.15) is 0 Å². The molecule has 3 rings (SSSR count). The molecule has 1 atom stereocenters. The molecule has 2 aromatic carbocycles. The van der Waals surface area contributed by atoms with Crippen molar-refractivity contribution in [2.75, 3.05) is 0 Å². The zero-order valence-electron chi connectivity index (χ0n) is 10.8. The average Bonchev–Trinajstić information content (AvgIpc) is 2.92. The summed E-state index contributed by atoms with van der Waals surface area (Å²) in [6, 6.07) is 17.3. The topological polar surface area (TPSA) is 26.0 Å². The van der Waals surface area contributed by atoms with E-state index in [4.69, 9.17) is 5.73 Å². The maximum Gasteiger partial charge on any atom is 0.0120 e. The molecule has 1 nitrogen and oxygen atoms in total. The van der Waals surface area contributed by atoms with E-state index in [9.17, 15) is 0 Å². The second-order valence-electron chi connectivity index (χ2n) is 4.94. The van der Waals surface area contributed by atoms with Crippen LogP contribution in [0.5, 0.6) is 0 Å². The van der Waals surface area contributed by atoms with E-state index < -0.39 is 0 Å². The Labute approximate surface area is 117 Å². The van der Waals surface area contributed by atoms with E-state index in [1.807, 2.05) is 0 Å². The van der Waals surface area contributed by atoms with E-state index in [2.05, 4.69) is 59.3 Å². The molecule has 0 aliphatic heterocycles. The summed E-state index contributed by atoms with van der Waals surface area (Å²) in [7, 11) is 0. The van der Waals surface area contributed by atoms with Gasteiger partial charge in [0.25, 0.3) is 0 Å². The quantitative estimate of drug-likeness (QED) is 0.759. The van der Waals surface area contributed by atoms with Crippen molar-refractivity contribution in [1.29, 1.82) is 0 Å². The highest BCUT2D eigenvalue weighted by atomic mass is 32.1. The van der Waals surface area contributed by atoms with Crippen molar-refractivity contribution < 1.29 is 0 Å². The van der Waals surface area contributed by atoms with Crippen molar-refractivity contribution in [2.45, 2.75) is 18.9 Å². The zero-order chi connectivity index (χ0) is 13.1. The summed E-state index contributed by atoms with van der Waals surface area (Å²) in [4.78, 5) is 0. The van der Waals surface area contributed by atoms with Crippen LogP contribution < -0.4 is 5.73 Å². The third-order valence-electron chi connectivity index (χ3n) is 3.44. The van der Waals surface area contributed by atoms with Crippen molar-refractivity contribution in [1.82, 2.24) is 0 Å². The van der Waals surface area contributed by atoms with Crippen molar-refractivity contribution in [3.63, 3.8) is 0 Å². The van der Waals surface area contributed by atoms with Crippen LogP contribution in [0.15, 0.2) is 59.3 Å². The lowest BCUT2D eigenvalue weighted by molar-refractivity contribution is 0.668. The lowest BCUT2D eigenvalue weighted by atomic mass is 9.96. The molecule has 3 aromatic rings. The molecule has 1 unspecified atom stereocenters.